The number of nitrogens with zero attached hydrogens (tertiary/aromatic N) is 1. The standard InChI is InChI=1S/C10H18N2OS/c1-5-7-14-8-6-11-9(2)10(13)12(3)4/h1,9,11H,6-8H2,2-4H3. The second-order valence-electron chi connectivity index (χ2n) is 3.17. The number of hydrogen-bond acceptors (Lipinski definition) is 3. The summed E-state index contributed by atoms with van der Waals surface area (Å²) in [5.74, 6) is 4.33. The zero-order chi connectivity index (χ0) is 11.0. The maximum atomic E-state index is 11.4. The molecule has 14 heavy (non-hydrogen) atoms. The summed E-state index contributed by atoms with van der Waals surface area (Å²) in [4.78, 5) is 13.0. The number of amides is 1. The molecule has 0 saturated carbocycles. The van der Waals surface area contributed by atoms with Gasteiger partial charge in [0.25, 0.3) is 0 Å². The van der Waals surface area contributed by atoms with Gasteiger partial charge in [-0.3, -0.25) is 4.79 Å². The molecule has 1 N–H and O–H groups in total. The maximum absolute atomic E-state index is 11.4. The van der Waals surface area contributed by atoms with Crippen molar-refractivity contribution in [1.29, 1.82) is 0 Å². The second-order valence-corrected chi connectivity index (χ2v) is 4.27. The maximum Gasteiger partial charge on any atom is 0.238 e. The first-order chi connectivity index (χ1) is 6.59. The molecule has 3 nitrogen and oxygen atoms in total. The van der Waals surface area contributed by atoms with Crippen LogP contribution in [0, 0.1) is 12.3 Å². The van der Waals surface area contributed by atoms with Crippen LogP contribution >= 0.6 is 11.8 Å². The Bertz CT molecular complexity index is 211. The summed E-state index contributed by atoms with van der Waals surface area (Å²) in [6, 6.07) is -0.114. The molecular formula is C10H18N2OS. The SMILES string of the molecule is C#CCSCCNC(C)C(=O)N(C)C. The molecule has 0 aromatic rings. The van der Waals surface area contributed by atoms with E-state index in [-0.39, 0.29) is 11.9 Å². The predicted octanol–water partition coefficient (Wildman–Crippen LogP) is 0.419. The molecule has 0 aromatic carbocycles. The van der Waals surface area contributed by atoms with Gasteiger partial charge in [0.1, 0.15) is 0 Å². The molecule has 0 rings (SSSR count). The summed E-state index contributed by atoms with van der Waals surface area (Å²) in [7, 11) is 3.52. The lowest BCUT2D eigenvalue weighted by molar-refractivity contribution is -0.130. The first-order valence-corrected chi connectivity index (χ1v) is 5.70. The van der Waals surface area contributed by atoms with E-state index < -0.39 is 0 Å². The lowest BCUT2D eigenvalue weighted by Gasteiger charge is -2.17. The van der Waals surface area contributed by atoms with Crippen molar-refractivity contribution >= 4 is 17.7 Å². The number of terminal acetylenes is 1. The van der Waals surface area contributed by atoms with Gasteiger partial charge in [-0.25, -0.2) is 0 Å². The Morgan fingerprint density at radius 2 is 2.29 bits per heavy atom. The van der Waals surface area contributed by atoms with Gasteiger partial charge >= 0.3 is 0 Å². The monoisotopic (exact) mass is 214 g/mol. The highest BCUT2D eigenvalue weighted by Gasteiger charge is 2.12. The molecule has 0 radical (unpaired) electrons. The van der Waals surface area contributed by atoms with Crippen LogP contribution in [0.4, 0.5) is 0 Å². The number of carbonyl (C=O) groups excluding carboxylic acids is 1. The fourth-order valence-electron chi connectivity index (χ4n) is 0.953. The molecule has 1 atom stereocenters. The van der Waals surface area contributed by atoms with Gasteiger partial charge in [0.15, 0.2) is 0 Å². The fraction of sp³-hybridized carbons (Fsp3) is 0.700. The number of carbonyl (C=O) groups is 1. The van der Waals surface area contributed by atoms with Crippen LogP contribution in [0.5, 0.6) is 0 Å². The van der Waals surface area contributed by atoms with Gasteiger partial charge in [0.05, 0.1) is 11.8 Å². The first kappa shape index (κ1) is 13.3. The minimum Gasteiger partial charge on any atom is -0.347 e. The Morgan fingerprint density at radius 1 is 1.64 bits per heavy atom. The minimum absolute atomic E-state index is 0.104. The predicted molar refractivity (Wildman–Crippen MR) is 62.3 cm³/mol. The van der Waals surface area contributed by atoms with Crippen molar-refractivity contribution in [3.63, 3.8) is 0 Å². The lowest BCUT2D eigenvalue weighted by Crippen LogP contribution is -2.42. The first-order valence-electron chi connectivity index (χ1n) is 4.55. The number of likely N-dealkylation sites (N-methyl/N-ethyl adjacent to an activating group) is 1. The van der Waals surface area contributed by atoms with E-state index in [1.807, 2.05) is 6.92 Å². The van der Waals surface area contributed by atoms with Gasteiger partial charge in [0, 0.05) is 26.4 Å². The van der Waals surface area contributed by atoms with E-state index in [4.69, 9.17) is 6.42 Å². The number of thioether (sulfide) groups is 1. The van der Waals surface area contributed by atoms with E-state index >= 15 is 0 Å². The minimum atomic E-state index is -0.114. The zero-order valence-electron chi connectivity index (χ0n) is 9.04. The van der Waals surface area contributed by atoms with Gasteiger partial charge in [-0.2, -0.15) is 0 Å². The topological polar surface area (TPSA) is 32.3 Å². The van der Waals surface area contributed by atoms with Crippen LogP contribution in [0.2, 0.25) is 0 Å². The summed E-state index contributed by atoms with van der Waals surface area (Å²) >= 11 is 1.69. The molecule has 1 unspecified atom stereocenters. The van der Waals surface area contributed by atoms with Crippen LogP contribution in [0.25, 0.3) is 0 Å². The highest BCUT2D eigenvalue weighted by atomic mass is 32.2. The van der Waals surface area contributed by atoms with E-state index in [9.17, 15) is 4.79 Å². The molecule has 0 saturated heterocycles. The van der Waals surface area contributed by atoms with Crippen molar-refractivity contribution in [2.75, 3.05) is 32.1 Å². The van der Waals surface area contributed by atoms with Crippen LogP contribution in [0.3, 0.4) is 0 Å². The van der Waals surface area contributed by atoms with Crippen LogP contribution in [0.15, 0.2) is 0 Å². The fourth-order valence-corrected chi connectivity index (χ4v) is 1.48. The molecule has 4 heteroatoms. The molecule has 1 amide bonds. The molecule has 0 aliphatic rings. The molecule has 80 valence electrons. The van der Waals surface area contributed by atoms with Crippen LogP contribution in [-0.4, -0.2) is 49.0 Å². The third-order valence-corrected chi connectivity index (χ3v) is 2.56. The van der Waals surface area contributed by atoms with Crippen LogP contribution in [-0.2, 0) is 4.79 Å². The van der Waals surface area contributed by atoms with Crippen molar-refractivity contribution in [1.82, 2.24) is 10.2 Å². The summed E-state index contributed by atoms with van der Waals surface area (Å²) in [6.07, 6.45) is 5.11. The molecule has 0 fully saturated rings. The third-order valence-electron chi connectivity index (χ3n) is 1.69. The van der Waals surface area contributed by atoms with Gasteiger partial charge < -0.3 is 10.2 Å². The number of rotatable bonds is 6. The molecular weight excluding hydrogens is 196 g/mol. The van der Waals surface area contributed by atoms with Crippen molar-refractivity contribution in [3.05, 3.63) is 0 Å². The third kappa shape index (κ3) is 5.90. The molecule has 0 spiro atoms. The van der Waals surface area contributed by atoms with Gasteiger partial charge in [-0.05, 0) is 6.92 Å². The van der Waals surface area contributed by atoms with Gasteiger partial charge in [-0.15, -0.1) is 18.2 Å². The van der Waals surface area contributed by atoms with Crippen LogP contribution in [0.1, 0.15) is 6.92 Å². The normalized spacial score (nSPS) is 11.9. The molecule has 0 heterocycles. The molecule has 0 aliphatic heterocycles. The Balaban J connectivity index is 3.50. The van der Waals surface area contributed by atoms with E-state index in [2.05, 4.69) is 11.2 Å². The van der Waals surface area contributed by atoms with Crippen molar-refractivity contribution in [2.45, 2.75) is 13.0 Å². The van der Waals surface area contributed by atoms with Gasteiger partial charge in [-0.1, -0.05) is 5.92 Å². The average molecular weight is 214 g/mol. The van der Waals surface area contributed by atoms with Gasteiger partial charge in [0.2, 0.25) is 5.91 Å². The van der Waals surface area contributed by atoms with Crippen molar-refractivity contribution in [2.24, 2.45) is 0 Å². The van der Waals surface area contributed by atoms with Crippen molar-refractivity contribution < 1.29 is 4.79 Å². The molecule has 0 aliphatic carbocycles. The number of hydrogen-bond donors (Lipinski definition) is 1. The Kier molecular flexibility index (Phi) is 7.35. The Morgan fingerprint density at radius 3 is 2.79 bits per heavy atom. The average Bonchev–Trinajstić information content (AvgIpc) is 2.16. The van der Waals surface area contributed by atoms with E-state index in [0.29, 0.717) is 0 Å². The summed E-state index contributed by atoms with van der Waals surface area (Å²) in [5.41, 5.74) is 0. The van der Waals surface area contributed by atoms with E-state index in [1.165, 1.54) is 0 Å². The summed E-state index contributed by atoms with van der Waals surface area (Å²) < 4.78 is 0. The Hall–Kier alpha value is -0.660. The molecule has 0 aromatic heterocycles. The summed E-state index contributed by atoms with van der Waals surface area (Å²) in [5, 5.41) is 3.14. The highest BCUT2D eigenvalue weighted by molar-refractivity contribution is 7.99. The zero-order valence-corrected chi connectivity index (χ0v) is 9.86. The Labute approximate surface area is 90.6 Å². The smallest absolute Gasteiger partial charge is 0.238 e. The highest BCUT2D eigenvalue weighted by Crippen LogP contribution is 1.96. The lowest BCUT2D eigenvalue weighted by atomic mass is 10.3. The van der Waals surface area contributed by atoms with Crippen LogP contribution < -0.4 is 5.32 Å². The number of nitrogens with one attached hydrogen (secondary N) is 1. The quantitative estimate of drug-likeness (QED) is 0.514. The second kappa shape index (κ2) is 7.72. The van der Waals surface area contributed by atoms with Crippen molar-refractivity contribution in [3.8, 4) is 12.3 Å². The largest absolute Gasteiger partial charge is 0.347 e. The van der Waals surface area contributed by atoms with E-state index in [0.717, 1.165) is 18.1 Å². The van der Waals surface area contributed by atoms with E-state index in [1.54, 1.807) is 30.8 Å². The summed E-state index contributed by atoms with van der Waals surface area (Å²) in [6.45, 7) is 2.68. The molecule has 0 bridgehead atoms.